The molecular weight excluding hydrogens is 260 g/mol. The van der Waals surface area contributed by atoms with Gasteiger partial charge in [-0.3, -0.25) is 14.2 Å². The summed E-state index contributed by atoms with van der Waals surface area (Å²) in [7, 11) is 0. The smallest absolute Gasteiger partial charge is 0.336 e. The maximum atomic E-state index is 12.2. The molecule has 1 N–H and O–H groups in total. The number of imide groups is 1. The van der Waals surface area contributed by atoms with Gasteiger partial charge in [0.05, 0.1) is 0 Å². The van der Waals surface area contributed by atoms with Crippen LogP contribution in [0.1, 0.15) is 41.2 Å². The number of hydrogen-bond acceptors (Lipinski definition) is 3. The number of nitrogens with zero attached hydrogens (tertiary/aromatic N) is 2. The highest BCUT2D eigenvalue weighted by Gasteiger charge is 2.40. The average molecular weight is 278 g/mol. The van der Waals surface area contributed by atoms with E-state index in [-0.39, 0.29) is 0 Å². The summed E-state index contributed by atoms with van der Waals surface area (Å²) >= 11 is 0. The normalized spacial score (nSPS) is 14.3. The van der Waals surface area contributed by atoms with Gasteiger partial charge in [-0.1, -0.05) is 13.8 Å². The Hall–Kier alpha value is -2.11. The van der Waals surface area contributed by atoms with E-state index in [1.165, 1.54) is 4.57 Å². The van der Waals surface area contributed by atoms with E-state index in [1.54, 1.807) is 6.92 Å². The van der Waals surface area contributed by atoms with Crippen molar-refractivity contribution < 1.29 is 19.5 Å². The molecule has 0 unspecified atom stereocenters. The Balaban J connectivity index is 2.50. The lowest BCUT2D eigenvalue weighted by atomic mass is 9.99. The van der Waals surface area contributed by atoms with Crippen LogP contribution in [0.25, 0.3) is 0 Å². The van der Waals surface area contributed by atoms with Crippen LogP contribution in [0, 0.1) is 19.8 Å². The van der Waals surface area contributed by atoms with Crippen molar-refractivity contribution in [3.05, 3.63) is 22.5 Å². The van der Waals surface area contributed by atoms with Crippen molar-refractivity contribution in [3.8, 4) is 0 Å². The topological polar surface area (TPSA) is 79.6 Å². The SMILES string of the molecule is Cc1c(CC(C)C)c(C)n2c1C(=O)N(CC(=O)O)C2=O. The molecule has 0 fully saturated rings. The van der Waals surface area contributed by atoms with E-state index in [1.807, 2.05) is 6.92 Å². The zero-order valence-electron chi connectivity index (χ0n) is 12.1. The Morgan fingerprint density at radius 1 is 1.25 bits per heavy atom. The van der Waals surface area contributed by atoms with E-state index < -0.39 is 24.5 Å². The zero-order chi connectivity index (χ0) is 15.2. The highest BCUT2D eigenvalue weighted by atomic mass is 16.4. The minimum atomic E-state index is -1.20. The van der Waals surface area contributed by atoms with Gasteiger partial charge >= 0.3 is 12.0 Å². The van der Waals surface area contributed by atoms with Crippen LogP contribution in [0.15, 0.2) is 0 Å². The molecule has 0 aliphatic carbocycles. The van der Waals surface area contributed by atoms with Crippen LogP contribution < -0.4 is 0 Å². The van der Waals surface area contributed by atoms with Crippen LogP contribution in [-0.4, -0.2) is 39.0 Å². The largest absolute Gasteiger partial charge is 0.480 e. The first-order valence-corrected chi connectivity index (χ1v) is 6.54. The van der Waals surface area contributed by atoms with Crippen molar-refractivity contribution in [3.63, 3.8) is 0 Å². The number of rotatable bonds is 4. The Morgan fingerprint density at radius 2 is 1.85 bits per heavy atom. The second kappa shape index (κ2) is 4.77. The van der Waals surface area contributed by atoms with Crippen molar-refractivity contribution in [2.24, 2.45) is 5.92 Å². The summed E-state index contributed by atoms with van der Waals surface area (Å²) in [6, 6.07) is -0.567. The summed E-state index contributed by atoms with van der Waals surface area (Å²) in [5.74, 6) is -1.31. The molecule has 0 atom stereocenters. The quantitative estimate of drug-likeness (QED) is 0.911. The lowest BCUT2D eigenvalue weighted by Gasteiger charge is -2.13. The highest BCUT2D eigenvalue weighted by Crippen LogP contribution is 2.30. The van der Waals surface area contributed by atoms with Gasteiger partial charge in [-0.15, -0.1) is 0 Å². The van der Waals surface area contributed by atoms with Gasteiger partial charge in [-0.05, 0) is 37.3 Å². The van der Waals surface area contributed by atoms with Crippen LogP contribution in [0.5, 0.6) is 0 Å². The second-order valence-electron chi connectivity index (χ2n) is 5.54. The van der Waals surface area contributed by atoms with Gasteiger partial charge < -0.3 is 5.11 Å². The molecule has 6 heteroatoms. The standard InChI is InChI=1S/C14H18N2O4/c1-7(2)5-10-8(3)12-13(19)15(6-11(17)18)14(20)16(12)9(10)4/h7H,5-6H2,1-4H3,(H,17,18). The van der Waals surface area contributed by atoms with Gasteiger partial charge in [-0.2, -0.15) is 0 Å². The van der Waals surface area contributed by atoms with Crippen LogP contribution in [0.4, 0.5) is 4.79 Å². The van der Waals surface area contributed by atoms with Crippen LogP contribution >= 0.6 is 0 Å². The van der Waals surface area contributed by atoms with Crippen molar-refractivity contribution in [2.75, 3.05) is 6.54 Å². The van der Waals surface area contributed by atoms with E-state index in [9.17, 15) is 14.4 Å². The van der Waals surface area contributed by atoms with Gasteiger partial charge in [-0.25, -0.2) is 9.69 Å². The van der Waals surface area contributed by atoms with Gasteiger partial charge in [0.15, 0.2) is 0 Å². The molecule has 0 saturated carbocycles. The maximum absolute atomic E-state index is 12.2. The van der Waals surface area contributed by atoms with E-state index >= 15 is 0 Å². The number of carbonyl (C=O) groups excluding carboxylic acids is 2. The third-order valence-electron chi connectivity index (χ3n) is 3.58. The lowest BCUT2D eigenvalue weighted by molar-refractivity contribution is -0.137. The molecule has 20 heavy (non-hydrogen) atoms. The summed E-state index contributed by atoms with van der Waals surface area (Å²) in [6.07, 6.45) is 0.789. The Labute approximate surface area is 117 Å². The Kier molecular flexibility index (Phi) is 3.41. The number of aromatic nitrogens is 1. The number of fused-ring (bicyclic) bond motifs is 1. The summed E-state index contributed by atoms with van der Waals surface area (Å²) in [5.41, 5.74) is 2.83. The van der Waals surface area contributed by atoms with Crippen molar-refractivity contribution in [1.82, 2.24) is 9.47 Å². The fourth-order valence-corrected chi connectivity index (χ4v) is 2.70. The molecule has 0 aromatic carbocycles. The van der Waals surface area contributed by atoms with Crippen molar-refractivity contribution in [2.45, 2.75) is 34.1 Å². The molecule has 0 bridgehead atoms. The molecule has 0 radical (unpaired) electrons. The molecule has 6 nitrogen and oxygen atoms in total. The molecular formula is C14H18N2O4. The second-order valence-corrected chi connectivity index (χ2v) is 5.54. The fraction of sp³-hybridized carbons (Fsp3) is 0.500. The third kappa shape index (κ3) is 2.01. The van der Waals surface area contributed by atoms with Gasteiger partial charge in [0.2, 0.25) is 0 Å². The summed E-state index contributed by atoms with van der Waals surface area (Å²) in [6.45, 7) is 7.15. The molecule has 1 aliphatic rings. The number of amides is 2. The van der Waals surface area contributed by atoms with Crippen LogP contribution in [-0.2, 0) is 11.2 Å². The van der Waals surface area contributed by atoms with E-state index in [2.05, 4.69) is 13.8 Å². The number of carboxylic acid groups (broad SMARTS) is 1. The number of aliphatic carboxylic acids is 1. The predicted octanol–water partition coefficient (Wildman–Crippen LogP) is 1.81. The number of carboxylic acids is 1. The van der Waals surface area contributed by atoms with Crippen molar-refractivity contribution >= 4 is 17.9 Å². The molecule has 2 rings (SSSR count). The van der Waals surface area contributed by atoms with E-state index in [0.29, 0.717) is 11.6 Å². The third-order valence-corrected chi connectivity index (χ3v) is 3.58. The molecule has 0 saturated heterocycles. The molecule has 1 aliphatic heterocycles. The molecule has 108 valence electrons. The van der Waals surface area contributed by atoms with E-state index in [4.69, 9.17) is 5.11 Å². The number of hydrogen-bond donors (Lipinski definition) is 1. The van der Waals surface area contributed by atoms with E-state index in [0.717, 1.165) is 28.1 Å². The zero-order valence-corrected chi connectivity index (χ0v) is 12.1. The Bertz CT molecular complexity index is 574. The van der Waals surface area contributed by atoms with Gasteiger partial charge in [0, 0.05) is 5.69 Å². The molecule has 0 spiro atoms. The number of carbonyl (C=O) groups is 3. The summed E-state index contributed by atoms with van der Waals surface area (Å²) < 4.78 is 1.35. The predicted molar refractivity (Wildman–Crippen MR) is 71.9 cm³/mol. The van der Waals surface area contributed by atoms with Gasteiger partial charge in [0.1, 0.15) is 12.2 Å². The molecule has 1 aromatic rings. The minimum Gasteiger partial charge on any atom is -0.480 e. The molecule has 1 aromatic heterocycles. The van der Waals surface area contributed by atoms with Gasteiger partial charge in [0.25, 0.3) is 5.91 Å². The summed E-state index contributed by atoms with van der Waals surface area (Å²) in [4.78, 5) is 36.0. The fourth-order valence-electron chi connectivity index (χ4n) is 2.70. The van der Waals surface area contributed by atoms with Crippen LogP contribution in [0.2, 0.25) is 0 Å². The average Bonchev–Trinajstić information content (AvgIpc) is 2.71. The molecule has 2 amide bonds. The summed E-state index contributed by atoms with van der Waals surface area (Å²) in [5, 5.41) is 8.78. The monoisotopic (exact) mass is 278 g/mol. The first-order chi connectivity index (χ1) is 9.25. The first-order valence-electron chi connectivity index (χ1n) is 6.54. The Morgan fingerprint density at radius 3 is 2.30 bits per heavy atom. The van der Waals surface area contributed by atoms with Crippen LogP contribution in [0.3, 0.4) is 0 Å². The highest BCUT2D eigenvalue weighted by molar-refractivity contribution is 6.14. The van der Waals surface area contributed by atoms with Crippen molar-refractivity contribution in [1.29, 1.82) is 0 Å². The maximum Gasteiger partial charge on any atom is 0.336 e. The lowest BCUT2D eigenvalue weighted by Crippen LogP contribution is -2.36. The molecule has 2 heterocycles. The minimum absolute atomic E-state index is 0.310. The first kappa shape index (κ1) is 14.3.